The first-order chi connectivity index (χ1) is 12.2. The highest BCUT2D eigenvalue weighted by atomic mass is 16.2. The van der Waals surface area contributed by atoms with E-state index < -0.39 is 0 Å². The summed E-state index contributed by atoms with van der Waals surface area (Å²) in [6.45, 7) is 6.11. The molecule has 1 unspecified atom stereocenters. The third-order valence-electron chi connectivity index (χ3n) is 5.56. The Morgan fingerprint density at radius 3 is 2.88 bits per heavy atom. The fourth-order valence-corrected chi connectivity index (χ4v) is 4.04. The average molecular weight is 344 g/mol. The second kappa shape index (κ2) is 8.48. The third-order valence-corrected chi connectivity index (χ3v) is 5.56. The lowest BCUT2D eigenvalue weighted by atomic mass is 10.0. The number of hydrogen-bond acceptors (Lipinski definition) is 2. The van der Waals surface area contributed by atoms with Crippen LogP contribution in [0.25, 0.3) is 0 Å². The van der Waals surface area contributed by atoms with Crippen LogP contribution in [0.4, 0.5) is 5.69 Å². The molecule has 25 heavy (non-hydrogen) atoms. The molecule has 3 rings (SSSR count). The number of piperidine rings is 1. The van der Waals surface area contributed by atoms with Crippen LogP contribution in [0.1, 0.15) is 55.8 Å². The molecular formula is C20H30N3O2+. The highest BCUT2D eigenvalue weighted by Crippen LogP contribution is 2.25. The van der Waals surface area contributed by atoms with E-state index in [0.717, 1.165) is 31.1 Å². The number of rotatable bonds is 6. The lowest BCUT2D eigenvalue weighted by Gasteiger charge is -2.30. The molecule has 0 aliphatic carbocycles. The van der Waals surface area contributed by atoms with Crippen molar-refractivity contribution < 1.29 is 14.5 Å². The number of likely N-dealkylation sites (tertiary alicyclic amines) is 1. The smallest absolute Gasteiger partial charge is 0.253 e. The van der Waals surface area contributed by atoms with E-state index in [9.17, 15) is 9.59 Å². The molecule has 0 spiro atoms. The van der Waals surface area contributed by atoms with Crippen LogP contribution in [0, 0.1) is 0 Å². The van der Waals surface area contributed by atoms with Gasteiger partial charge in [0.25, 0.3) is 5.91 Å². The Kier molecular flexibility index (Phi) is 6.08. The summed E-state index contributed by atoms with van der Waals surface area (Å²) in [4.78, 5) is 28.0. The third kappa shape index (κ3) is 4.40. The molecule has 2 N–H and O–H groups in total. The number of amides is 2. The summed E-state index contributed by atoms with van der Waals surface area (Å²) in [6, 6.07) is 8.18. The number of carbonyl (C=O) groups is 2. The van der Waals surface area contributed by atoms with Gasteiger partial charge in [-0.05, 0) is 44.7 Å². The van der Waals surface area contributed by atoms with Gasteiger partial charge in [-0.3, -0.25) is 9.59 Å². The number of hydrogen-bond donors (Lipinski definition) is 2. The van der Waals surface area contributed by atoms with Gasteiger partial charge in [0, 0.05) is 25.9 Å². The van der Waals surface area contributed by atoms with E-state index in [-0.39, 0.29) is 11.8 Å². The predicted octanol–water partition coefficient (Wildman–Crippen LogP) is 1.39. The number of anilines is 1. The van der Waals surface area contributed by atoms with Crippen molar-refractivity contribution in [3.8, 4) is 0 Å². The molecule has 2 heterocycles. The molecule has 2 atom stereocenters. The average Bonchev–Trinajstić information content (AvgIpc) is 3.06. The second-order valence-electron chi connectivity index (χ2n) is 7.33. The van der Waals surface area contributed by atoms with Crippen LogP contribution in [0.5, 0.6) is 0 Å². The standard InChI is InChI=1S/C20H29N3O2/c1-16-8-4-5-13-22(16)14-7-12-21-20(25)17-9-2-3-10-18(17)23-15-6-11-19(23)24/h2-3,9-10,16H,4-8,11-15H2,1H3,(H,21,25)/p+1/t16-/m1/s1. The summed E-state index contributed by atoms with van der Waals surface area (Å²) in [5, 5.41) is 3.04. The maximum atomic E-state index is 12.6. The van der Waals surface area contributed by atoms with Crippen LogP contribution in [0.2, 0.25) is 0 Å². The second-order valence-corrected chi connectivity index (χ2v) is 7.33. The van der Waals surface area contributed by atoms with E-state index in [4.69, 9.17) is 0 Å². The minimum absolute atomic E-state index is 0.0722. The molecule has 0 saturated carbocycles. The van der Waals surface area contributed by atoms with E-state index in [1.165, 1.54) is 25.8 Å². The van der Waals surface area contributed by atoms with Crippen molar-refractivity contribution in [2.24, 2.45) is 0 Å². The molecule has 0 aromatic heterocycles. The highest BCUT2D eigenvalue weighted by molar-refractivity contribution is 6.05. The molecule has 2 amide bonds. The van der Waals surface area contributed by atoms with Crippen LogP contribution in [-0.2, 0) is 4.79 Å². The first-order valence-electron chi connectivity index (χ1n) is 9.69. The maximum absolute atomic E-state index is 12.6. The molecule has 5 nitrogen and oxygen atoms in total. The van der Waals surface area contributed by atoms with Gasteiger partial charge in [0.05, 0.1) is 30.4 Å². The Morgan fingerprint density at radius 2 is 2.12 bits per heavy atom. The van der Waals surface area contributed by atoms with E-state index >= 15 is 0 Å². The van der Waals surface area contributed by atoms with Crippen molar-refractivity contribution in [1.29, 1.82) is 0 Å². The molecule has 0 radical (unpaired) electrons. The lowest BCUT2D eigenvalue weighted by molar-refractivity contribution is -0.928. The Labute approximate surface area is 150 Å². The summed E-state index contributed by atoms with van der Waals surface area (Å²) in [6.07, 6.45) is 6.43. The minimum Gasteiger partial charge on any atom is -0.352 e. The highest BCUT2D eigenvalue weighted by Gasteiger charge is 2.25. The molecule has 136 valence electrons. The van der Waals surface area contributed by atoms with Crippen LogP contribution >= 0.6 is 0 Å². The fourth-order valence-electron chi connectivity index (χ4n) is 4.04. The number of para-hydroxylation sites is 1. The maximum Gasteiger partial charge on any atom is 0.253 e. The number of carbonyl (C=O) groups excluding carboxylic acids is 2. The number of nitrogens with one attached hydrogen (secondary N) is 2. The molecule has 1 aromatic carbocycles. The summed E-state index contributed by atoms with van der Waals surface area (Å²) in [5.74, 6) is 0.0416. The normalized spacial score (nSPS) is 23.7. The van der Waals surface area contributed by atoms with E-state index in [0.29, 0.717) is 25.1 Å². The summed E-state index contributed by atoms with van der Waals surface area (Å²) < 4.78 is 0. The predicted molar refractivity (Wildman–Crippen MR) is 99.0 cm³/mol. The Bertz CT molecular complexity index is 617. The zero-order chi connectivity index (χ0) is 17.6. The zero-order valence-electron chi connectivity index (χ0n) is 15.2. The van der Waals surface area contributed by atoms with Crippen LogP contribution in [0.3, 0.4) is 0 Å². The monoisotopic (exact) mass is 344 g/mol. The summed E-state index contributed by atoms with van der Waals surface area (Å²) >= 11 is 0. The van der Waals surface area contributed by atoms with Gasteiger partial charge in [0.15, 0.2) is 0 Å². The Morgan fingerprint density at radius 1 is 1.28 bits per heavy atom. The number of quaternary nitrogens is 1. The molecule has 1 aromatic rings. The summed E-state index contributed by atoms with van der Waals surface area (Å²) in [5.41, 5.74) is 1.36. The van der Waals surface area contributed by atoms with Gasteiger partial charge < -0.3 is 15.1 Å². The Hall–Kier alpha value is -1.88. The molecule has 5 heteroatoms. The van der Waals surface area contributed by atoms with Gasteiger partial charge >= 0.3 is 0 Å². The van der Waals surface area contributed by atoms with E-state index in [1.54, 1.807) is 9.80 Å². The van der Waals surface area contributed by atoms with E-state index in [1.807, 2.05) is 24.3 Å². The van der Waals surface area contributed by atoms with Crippen LogP contribution in [0.15, 0.2) is 24.3 Å². The van der Waals surface area contributed by atoms with Crippen molar-refractivity contribution in [2.75, 3.05) is 31.1 Å². The number of benzene rings is 1. The van der Waals surface area contributed by atoms with Gasteiger partial charge in [0.2, 0.25) is 5.91 Å². The quantitative estimate of drug-likeness (QED) is 0.767. The van der Waals surface area contributed by atoms with Crippen LogP contribution < -0.4 is 15.1 Å². The van der Waals surface area contributed by atoms with Crippen LogP contribution in [-0.4, -0.2) is 44.0 Å². The van der Waals surface area contributed by atoms with Crippen molar-refractivity contribution in [2.45, 2.75) is 51.5 Å². The van der Waals surface area contributed by atoms with Crippen molar-refractivity contribution in [3.05, 3.63) is 29.8 Å². The van der Waals surface area contributed by atoms with Gasteiger partial charge in [0.1, 0.15) is 0 Å². The van der Waals surface area contributed by atoms with Crippen molar-refractivity contribution >= 4 is 17.5 Å². The number of nitrogens with zero attached hydrogens (tertiary/aromatic N) is 1. The molecule has 0 bridgehead atoms. The molecule has 2 aliphatic rings. The molecule has 2 saturated heterocycles. The Balaban J connectivity index is 1.52. The topological polar surface area (TPSA) is 53.9 Å². The SMILES string of the molecule is C[C@@H]1CCCC[NH+]1CCCNC(=O)c1ccccc1N1CCCC1=O. The minimum atomic E-state index is -0.0722. The molecule has 2 aliphatic heterocycles. The lowest BCUT2D eigenvalue weighted by Crippen LogP contribution is -3.16. The largest absolute Gasteiger partial charge is 0.352 e. The zero-order valence-corrected chi connectivity index (χ0v) is 15.2. The van der Waals surface area contributed by atoms with Gasteiger partial charge in [-0.15, -0.1) is 0 Å². The summed E-state index contributed by atoms with van der Waals surface area (Å²) in [7, 11) is 0. The van der Waals surface area contributed by atoms with Gasteiger partial charge in [-0.25, -0.2) is 0 Å². The van der Waals surface area contributed by atoms with Crippen molar-refractivity contribution in [1.82, 2.24) is 5.32 Å². The fraction of sp³-hybridized carbons (Fsp3) is 0.600. The first kappa shape index (κ1) is 17.9. The van der Waals surface area contributed by atoms with E-state index in [2.05, 4.69) is 12.2 Å². The van der Waals surface area contributed by atoms with Gasteiger partial charge in [-0.1, -0.05) is 12.1 Å². The molecule has 2 fully saturated rings. The first-order valence-corrected chi connectivity index (χ1v) is 9.69. The van der Waals surface area contributed by atoms with Crippen molar-refractivity contribution in [3.63, 3.8) is 0 Å². The molecular weight excluding hydrogens is 314 g/mol. The van der Waals surface area contributed by atoms with Gasteiger partial charge in [-0.2, -0.15) is 0 Å².